The molecule has 1 aliphatic heterocycles. The summed E-state index contributed by atoms with van der Waals surface area (Å²) in [5.74, 6) is 0. The molecule has 0 fully saturated rings. The van der Waals surface area contributed by atoms with Crippen LogP contribution in [-0.4, -0.2) is 18.4 Å². The smallest absolute Gasteiger partial charge is 0.0705 e. The van der Waals surface area contributed by atoms with E-state index in [1.807, 2.05) is 12.4 Å². The molecule has 0 amide bonds. The van der Waals surface area contributed by atoms with E-state index in [9.17, 15) is 0 Å². The summed E-state index contributed by atoms with van der Waals surface area (Å²) in [5, 5.41) is 0. The van der Waals surface area contributed by atoms with E-state index in [1.165, 1.54) is 5.57 Å². The summed E-state index contributed by atoms with van der Waals surface area (Å²) in [6.07, 6.45) is 4.74. The van der Waals surface area contributed by atoms with Crippen LogP contribution in [0.2, 0.25) is 0 Å². The first kappa shape index (κ1) is 8.47. The van der Waals surface area contributed by atoms with Gasteiger partial charge in [-0.3, -0.25) is 4.99 Å². The Labute approximate surface area is 68.0 Å². The molecule has 0 unspecified atom stereocenters. The van der Waals surface area contributed by atoms with Gasteiger partial charge < -0.3 is 4.74 Å². The number of ether oxygens (including phenoxy) is 1. The predicted octanol–water partition coefficient (Wildman–Crippen LogP) is 2.16. The molecule has 0 aliphatic carbocycles. The lowest BCUT2D eigenvalue weighted by atomic mass is 10.2. The zero-order chi connectivity index (χ0) is 8.32. The van der Waals surface area contributed by atoms with Gasteiger partial charge >= 0.3 is 0 Å². The van der Waals surface area contributed by atoms with Crippen molar-refractivity contribution in [2.75, 3.05) is 6.61 Å². The van der Waals surface area contributed by atoms with Crippen LogP contribution in [0.1, 0.15) is 27.2 Å². The molecule has 1 heterocycles. The van der Waals surface area contributed by atoms with Crippen molar-refractivity contribution in [1.82, 2.24) is 0 Å². The maximum Gasteiger partial charge on any atom is 0.0705 e. The van der Waals surface area contributed by atoms with Crippen LogP contribution < -0.4 is 0 Å². The minimum absolute atomic E-state index is 0.0383. The molecule has 1 rings (SSSR count). The first-order valence-electron chi connectivity index (χ1n) is 3.91. The topological polar surface area (TPSA) is 21.6 Å². The quantitative estimate of drug-likeness (QED) is 0.595. The van der Waals surface area contributed by atoms with E-state index in [4.69, 9.17) is 4.74 Å². The Bertz CT molecular complexity index is 186. The highest BCUT2D eigenvalue weighted by Crippen LogP contribution is 2.12. The summed E-state index contributed by atoms with van der Waals surface area (Å²) < 4.78 is 5.56. The third kappa shape index (κ3) is 3.33. The number of aliphatic imine (C=N–C) groups is 1. The Balaban J connectivity index is 2.23. The van der Waals surface area contributed by atoms with Gasteiger partial charge in [-0.15, -0.1) is 0 Å². The average molecular weight is 153 g/mol. The van der Waals surface area contributed by atoms with Crippen LogP contribution in [0, 0.1) is 0 Å². The van der Waals surface area contributed by atoms with Crippen molar-refractivity contribution in [1.29, 1.82) is 0 Å². The highest BCUT2D eigenvalue weighted by Gasteiger charge is 2.11. The lowest BCUT2D eigenvalue weighted by molar-refractivity contribution is 0.0108. The fourth-order valence-electron chi connectivity index (χ4n) is 0.786. The van der Waals surface area contributed by atoms with Crippen molar-refractivity contribution >= 4 is 6.21 Å². The largest absolute Gasteiger partial charge is 0.371 e. The number of hydrogen-bond acceptors (Lipinski definition) is 2. The summed E-state index contributed by atoms with van der Waals surface area (Å²) in [6.45, 7) is 6.89. The van der Waals surface area contributed by atoms with E-state index in [0.29, 0.717) is 6.61 Å². The van der Waals surface area contributed by atoms with Gasteiger partial charge in [0.2, 0.25) is 0 Å². The zero-order valence-electron chi connectivity index (χ0n) is 7.42. The Morgan fingerprint density at radius 1 is 1.55 bits per heavy atom. The molecule has 1 aliphatic rings. The van der Waals surface area contributed by atoms with Gasteiger partial charge in [-0.1, -0.05) is 0 Å². The minimum atomic E-state index is -0.0383. The van der Waals surface area contributed by atoms with E-state index in [2.05, 4.69) is 25.8 Å². The molecule has 0 aromatic carbocycles. The third-order valence-electron chi connectivity index (χ3n) is 1.41. The van der Waals surface area contributed by atoms with Crippen LogP contribution in [0.5, 0.6) is 0 Å². The fraction of sp³-hybridized carbons (Fsp3) is 0.667. The van der Waals surface area contributed by atoms with Crippen molar-refractivity contribution in [3.63, 3.8) is 0 Å². The molecule has 0 aromatic rings. The van der Waals surface area contributed by atoms with E-state index >= 15 is 0 Å². The molecule has 0 aromatic heterocycles. The lowest BCUT2D eigenvalue weighted by Gasteiger charge is -2.19. The van der Waals surface area contributed by atoms with Crippen LogP contribution in [0.3, 0.4) is 0 Å². The second-order valence-electron chi connectivity index (χ2n) is 3.72. The van der Waals surface area contributed by atoms with Crippen LogP contribution in [0.25, 0.3) is 0 Å². The Morgan fingerprint density at radius 3 is 2.73 bits per heavy atom. The Kier molecular flexibility index (Phi) is 2.45. The summed E-state index contributed by atoms with van der Waals surface area (Å²) in [5.41, 5.74) is 1.23. The van der Waals surface area contributed by atoms with E-state index in [0.717, 1.165) is 6.42 Å². The van der Waals surface area contributed by atoms with Gasteiger partial charge in [0.25, 0.3) is 0 Å². The molecular weight excluding hydrogens is 138 g/mol. The van der Waals surface area contributed by atoms with Gasteiger partial charge in [0.05, 0.1) is 12.2 Å². The van der Waals surface area contributed by atoms with Gasteiger partial charge in [0.15, 0.2) is 0 Å². The second-order valence-corrected chi connectivity index (χ2v) is 3.72. The molecule has 62 valence electrons. The number of rotatable bonds is 2. The molecule has 0 saturated carbocycles. The highest BCUT2D eigenvalue weighted by atomic mass is 16.5. The predicted molar refractivity (Wildman–Crippen MR) is 46.9 cm³/mol. The molecule has 0 radical (unpaired) electrons. The summed E-state index contributed by atoms with van der Waals surface area (Å²) in [4.78, 5) is 4.00. The van der Waals surface area contributed by atoms with E-state index in [1.54, 1.807) is 0 Å². The van der Waals surface area contributed by atoms with Crippen molar-refractivity contribution in [3.8, 4) is 0 Å². The molecule has 0 saturated heterocycles. The second kappa shape index (κ2) is 3.18. The third-order valence-corrected chi connectivity index (χ3v) is 1.41. The van der Waals surface area contributed by atoms with Crippen LogP contribution in [0.15, 0.2) is 16.8 Å². The SMILES string of the molecule is CC(C)(C)OCC1=CN=CC1. The molecule has 0 bridgehead atoms. The van der Waals surface area contributed by atoms with Crippen LogP contribution in [-0.2, 0) is 4.74 Å². The maximum atomic E-state index is 5.56. The average Bonchev–Trinajstić information content (AvgIpc) is 2.32. The maximum absolute atomic E-state index is 5.56. The van der Waals surface area contributed by atoms with E-state index in [-0.39, 0.29) is 5.60 Å². The first-order valence-corrected chi connectivity index (χ1v) is 3.91. The van der Waals surface area contributed by atoms with Gasteiger partial charge in [-0.25, -0.2) is 0 Å². The molecule has 0 N–H and O–H groups in total. The van der Waals surface area contributed by atoms with Crippen LogP contribution in [0.4, 0.5) is 0 Å². The number of hydrogen-bond donors (Lipinski definition) is 0. The zero-order valence-corrected chi connectivity index (χ0v) is 7.42. The van der Waals surface area contributed by atoms with Gasteiger partial charge in [-0.05, 0) is 26.3 Å². The van der Waals surface area contributed by atoms with Crippen molar-refractivity contribution in [2.45, 2.75) is 32.8 Å². The standard InChI is InChI=1S/C9H15NO/c1-9(2,3)11-7-8-4-5-10-6-8/h5-6H,4,7H2,1-3H3. The van der Waals surface area contributed by atoms with Gasteiger partial charge in [0.1, 0.15) is 0 Å². The fourth-order valence-corrected chi connectivity index (χ4v) is 0.786. The monoisotopic (exact) mass is 153 g/mol. The lowest BCUT2D eigenvalue weighted by Crippen LogP contribution is -2.20. The molecule has 0 spiro atoms. The molecule has 0 atom stereocenters. The van der Waals surface area contributed by atoms with Crippen molar-refractivity contribution in [3.05, 3.63) is 11.8 Å². The summed E-state index contributed by atoms with van der Waals surface area (Å²) in [7, 11) is 0. The van der Waals surface area contributed by atoms with Crippen molar-refractivity contribution in [2.24, 2.45) is 4.99 Å². The molecule has 2 heteroatoms. The Morgan fingerprint density at radius 2 is 2.27 bits per heavy atom. The molecule has 2 nitrogen and oxygen atoms in total. The summed E-state index contributed by atoms with van der Waals surface area (Å²) >= 11 is 0. The number of nitrogens with zero attached hydrogens (tertiary/aromatic N) is 1. The first-order chi connectivity index (χ1) is 5.08. The normalized spacial score (nSPS) is 17.2. The summed E-state index contributed by atoms with van der Waals surface area (Å²) in [6, 6.07) is 0. The van der Waals surface area contributed by atoms with Crippen LogP contribution >= 0.6 is 0 Å². The van der Waals surface area contributed by atoms with E-state index < -0.39 is 0 Å². The van der Waals surface area contributed by atoms with Crippen molar-refractivity contribution < 1.29 is 4.74 Å². The van der Waals surface area contributed by atoms with Gasteiger partial charge in [-0.2, -0.15) is 0 Å². The minimum Gasteiger partial charge on any atom is -0.371 e. The molecule has 11 heavy (non-hydrogen) atoms. The Hall–Kier alpha value is -0.630. The van der Waals surface area contributed by atoms with Gasteiger partial charge in [0, 0.05) is 18.8 Å². The highest BCUT2D eigenvalue weighted by molar-refractivity contribution is 5.65. The molecular formula is C9H15NO.